The third-order valence-corrected chi connectivity index (χ3v) is 6.33. The molecule has 5 heteroatoms. The van der Waals surface area contributed by atoms with Crippen LogP contribution in [0.3, 0.4) is 0 Å². The Morgan fingerprint density at radius 2 is 2.12 bits per heavy atom. The van der Waals surface area contributed by atoms with E-state index in [1.807, 2.05) is 19.9 Å². The molecular formula is C20H27NO4. The average molecular weight is 345 g/mol. The molecule has 3 aliphatic rings. The highest BCUT2D eigenvalue weighted by Gasteiger charge is 2.60. The molecule has 1 aromatic carbocycles. The van der Waals surface area contributed by atoms with Gasteiger partial charge in [0.05, 0.1) is 11.5 Å². The van der Waals surface area contributed by atoms with E-state index in [2.05, 4.69) is 5.32 Å². The van der Waals surface area contributed by atoms with Gasteiger partial charge in [-0.25, -0.2) is 0 Å². The molecule has 1 aliphatic heterocycles. The number of hydrogen-bond acceptors (Lipinski definition) is 5. The Balaban J connectivity index is 1.80. The molecule has 0 spiro atoms. The van der Waals surface area contributed by atoms with E-state index >= 15 is 0 Å². The normalized spacial score (nSPS) is 33.0. The van der Waals surface area contributed by atoms with Gasteiger partial charge >= 0.3 is 0 Å². The van der Waals surface area contributed by atoms with Gasteiger partial charge in [0.1, 0.15) is 0 Å². The lowest BCUT2D eigenvalue weighted by atomic mass is 9.61. The molecule has 1 heterocycles. The number of carbonyl (C=O) groups excluding carboxylic acids is 1. The molecule has 4 rings (SSSR count). The molecule has 0 saturated heterocycles. The maximum absolute atomic E-state index is 12.7. The lowest BCUT2D eigenvalue weighted by Crippen LogP contribution is -2.61. The van der Waals surface area contributed by atoms with E-state index in [0.29, 0.717) is 25.0 Å². The van der Waals surface area contributed by atoms with Crippen molar-refractivity contribution in [2.75, 3.05) is 6.54 Å². The van der Waals surface area contributed by atoms with Crippen LogP contribution in [0.15, 0.2) is 12.1 Å². The molecule has 1 fully saturated rings. The Labute approximate surface area is 148 Å². The van der Waals surface area contributed by atoms with Crippen molar-refractivity contribution in [3.63, 3.8) is 0 Å². The van der Waals surface area contributed by atoms with Crippen LogP contribution in [-0.2, 0) is 16.6 Å². The van der Waals surface area contributed by atoms with Gasteiger partial charge in [-0.3, -0.25) is 4.79 Å². The molecule has 136 valence electrons. The van der Waals surface area contributed by atoms with Gasteiger partial charge < -0.3 is 20.3 Å². The maximum atomic E-state index is 12.7. The molecular weight excluding hydrogens is 318 g/mol. The summed E-state index contributed by atoms with van der Waals surface area (Å²) in [5.74, 6) is 1.14. The number of phenolic OH excluding ortho intramolecular Hbond substituents is 1. The summed E-state index contributed by atoms with van der Waals surface area (Å²) in [6.07, 6.45) is 2.69. The quantitative estimate of drug-likeness (QED) is 0.736. The fraction of sp³-hybridized carbons (Fsp3) is 0.650. The van der Waals surface area contributed by atoms with E-state index in [-0.39, 0.29) is 17.6 Å². The number of carbonyl (C=O) groups is 1. The van der Waals surface area contributed by atoms with Crippen molar-refractivity contribution in [1.29, 1.82) is 0 Å². The molecule has 0 amide bonds. The highest BCUT2D eigenvalue weighted by Crippen LogP contribution is 2.56. The number of hydrogen-bond donors (Lipinski definition) is 3. The topological polar surface area (TPSA) is 78.8 Å². The van der Waals surface area contributed by atoms with E-state index < -0.39 is 17.6 Å². The lowest BCUT2D eigenvalue weighted by molar-refractivity contribution is -0.131. The summed E-state index contributed by atoms with van der Waals surface area (Å²) in [6, 6.07) is 3.46. The Hall–Kier alpha value is -1.59. The zero-order chi connectivity index (χ0) is 17.8. The minimum Gasteiger partial charge on any atom is -0.504 e. The van der Waals surface area contributed by atoms with Crippen LogP contribution in [-0.4, -0.2) is 40.8 Å². The lowest BCUT2D eigenvalue weighted by Gasteiger charge is -2.45. The van der Waals surface area contributed by atoms with Crippen molar-refractivity contribution in [2.24, 2.45) is 5.92 Å². The fourth-order valence-corrected chi connectivity index (χ4v) is 4.71. The van der Waals surface area contributed by atoms with Crippen LogP contribution in [0.4, 0.5) is 0 Å². The number of aromatic hydroxyl groups is 1. The monoisotopic (exact) mass is 345 g/mol. The second kappa shape index (κ2) is 5.99. The minimum absolute atomic E-state index is 0.0229. The molecule has 0 bridgehead atoms. The molecule has 1 aromatic rings. The highest BCUT2D eigenvalue weighted by atomic mass is 16.5. The molecule has 3 N–H and O–H groups in total. The number of benzene rings is 1. The minimum atomic E-state index is -0.782. The summed E-state index contributed by atoms with van der Waals surface area (Å²) < 4.78 is 5.98. The average Bonchev–Trinajstić information content (AvgIpc) is 3.37. The first-order chi connectivity index (χ1) is 12.0. The van der Waals surface area contributed by atoms with Crippen LogP contribution < -0.4 is 10.1 Å². The summed E-state index contributed by atoms with van der Waals surface area (Å²) >= 11 is 0. The summed E-state index contributed by atoms with van der Waals surface area (Å²) in [5.41, 5.74) is 1.13. The first kappa shape index (κ1) is 16.9. The van der Waals surface area contributed by atoms with Crippen LogP contribution in [0.1, 0.15) is 50.7 Å². The van der Waals surface area contributed by atoms with Gasteiger partial charge in [0.2, 0.25) is 0 Å². The van der Waals surface area contributed by atoms with Crippen molar-refractivity contribution in [2.45, 2.75) is 69.6 Å². The van der Waals surface area contributed by atoms with Crippen LogP contribution >= 0.6 is 0 Å². The van der Waals surface area contributed by atoms with Crippen LogP contribution in [0.5, 0.6) is 11.5 Å². The predicted octanol–water partition coefficient (Wildman–Crippen LogP) is 2.07. The number of ether oxygens (including phenoxy) is 1. The van der Waals surface area contributed by atoms with E-state index in [1.54, 1.807) is 6.07 Å². The molecule has 0 aromatic heterocycles. The van der Waals surface area contributed by atoms with Crippen molar-refractivity contribution in [3.8, 4) is 11.5 Å². The summed E-state index contributed by atoms with van der Waals surface area (Å²) in [7, 11) is 0. The number of nitrogens with one attached hydrogen (secondary N) is 1. The van der Waals surface area contributed by atoms with Gasteiger partial charge in [-0.2, -0.15) is 0 Å². The number of phenols is 1. The highest BCUT2D eigenvalue weighted by molar-refractivity contribution is 5.87. The number of aliphatic hydroxyl groups is 1. The Morgan fingerprint density at radius 3 is 2.76 bits per heavy atom. The summed E-state index contributed by atoms with van der Waals surface area (Å²) in [4.78, 5) is 12.7. The largest absolute Gasteiger partial charge is 0.504 e. The van der Waals surface area contributed by atoms with E-state index in [0.717, 1.165) is 23.6 Å². The zero-order valence-electron chi connectivity index (χ0n) is 14.9. The van der Waals surface area contributed by atoms with Crippen LogP contribution in [0.2, 0.25) is 0 Å². The number of rotatable bonds is 6. The van der Waals surface area contributed by atoms with Crippen molar-refractivity contribution < 1.29 is 19.7 Å². The van der Waals surface area contributed by atoms with E-state index in [1.165, 1.54) is 12.8 Å². The standard InChI is InChI=1S/C20H27NO4/c1-3-14(22)19-20(4-2)16-12(7-8-15(23)17(16)25-19)9-13(18(20)24)21-10-11-5-6-11/h7-8,11,13,18-19,21,23-24H,3-6,9-10H2,1-2H3/t13-,18-,19+,20-/m1/s1. The van der Waals surface area contributed by atoms with Crippen molar-refractivity contribution in [3.05, 3.63) is 23.3 Å². The van der Waals surface area contributed by atoms with Gasteiger partial charge in [0, 0.05) is 18.0 Å². The smallest absolute Gasteiger partial charge is 0.174 e. The van der Waals surface area contributed by atoms with Gasteiger partial charge in [-0.15, -0.1) is 0 Å². The van der Waals surface area contributed by atoms with Gasteiger partial charge in [0.25, 0.3) is 0 Å². The Bertz CT molecular complexity index is 699. The van der Waals surface area contributed by atoms with Gasteiger partial charge in [-0.05, 0) is 49.8 Å². The maximum Gasteiger partial charge on any atom is 0.174 e. The first-order valence-electron chi connectivity index (χ1n) is 9.49. The third-order valence-electron chi connectivity index (χ3n) is 6.33. The molecule has 25 heavy (non-hydrogen) atoms. The van der Waals surface area contributed by atoms with Crippen LogP contribution in [0, 0.1) is 5.92 Å². The van der Waals surface area contributed by atoms with Gasteiger partial charge in [-0.1, -0.05) is 19.9 Å². The molecule has 1 saturated carbocycles. The summed E-state index contributed by atoms with van der Waals surface area (Å²) in [6.45, 7) is 4.72. The molecule has 2 aliphatic carbocycles. The van der Waals surface area contributed by atoms with Crippen molar-refractivity contribution in [1.82, 2.24) is 5.32 Å². The second-order valence-corrected chi connectivity index (χ2v) is 7.77. The molecule has 0 unspecified atom stereocenters. The first-order valence-corrected chi connectivity index (χ1v) is 9.49. The predicted molar refractivity (Wildman–Crippen MR) is 94.0 cm³/mol. The zero-order valence-corrected chi connectivity index (χ0v) is 14.9. The summed E-state index contributed by atoms with van der Waals surface area (Å²) in [5, 5.41) is 25.1. The second-order valence-electron chi connectivity index (χ2n) is 7.77. The third kappa shape index (κ3) is 2.40. The Kier molecular flexibility index (Phi) is 4.04. The number of aliphatic hydroxyl groups excluding tert-OH is 1. The SMILES string of the molecule is CCC(=O)[C@@H]1Oc2c(O)ccc3c2[C@]1(CC)[C@H](O)[C@H](NCC1CC1)C3. The van der Waals surface area contributed by atoms with Crippen LogP contribution in [0.25, 0.3) is 0 Å². The van der Waals surface area contributed by atoms with Gasteiger partial charge in [0.15, 0.2) is 23.4 Å². The molecule has 0 radical (unpaired) electrons. The molecule has 4 atom stereocenters. The fourth-order valence-electron chi connectivity index (χ4n) is 4.71. The van der Waals surface area contributed by atoms with E-state index in [4.69, 9.17) is 4.74 Å². The van der Waals surface area contributed by atoms with E-state index in [9.17, 15) is 15.0 Å². The Morgan fingerprint density at radius 1 is 1.36 bits per heavy atom. The molecule has 5 nitrogen and oxygen atoms in total. The number of Topliss-reactive ketones (excluding diaryl/α,β-unsaturated/α-hetero) is 1. The van der Waals surface area contributed by atoms with Crippen molar-refractivity contribution >= 4 is 5.78 Å². The number of ketones is 1.